The van der Waals surface area contributed by atoms with Gasteiger partial charge in [0.25, 0.3) is 0 Å². The molecule has 1 fully saturated rings. The summed E-state index contributed by atoms with van der Waals surface area (Å²) in [6.07, 6.45) is 6.17. The predicted octanol–water partition coefficient (Wildman–Crippen LogP) is 6.26. The van der Waals surface area contributed by atoms with Crippen molar-refractivity contribution in [2.24, 2.45) is 0 Å². The predicted molar refractivity (Wildman–Crippen MR) is 165 cm³/mol. The van der Waals surface area contributed by atoms with Crippen molar-refractivity contribution in [3.63, 3.8) is 0 Å². The second kappa shape index (κ2) is 15.1. The van der Waals surface area contributed by atoms with Gasteiger partial charge in [-0.2, -0.15) is 0 Å². The van der Waals surface area contributed by atoms with Crippen LogP contribution in [0.4, 0.5) is 4.79 Å². The smallest absolute Gasteiger partial charge is 0.408 e. The highest BCUT2D eigenvalue weighted by Crippen LogP contribution is 2.28. The van der Waals surface area contributed by atoms with Crippen LogP contribution in [0.25, 0.3) is 0 Å². The van der Waals surface area contributed by atoms with E-state index in [9.17, 15) is 19.5 Å². The second-order valence-electron chi connectivity index (χ2n) is 12.6. The monoisotopic (exact) mass is 579 g/mol. The van der Waals surface area contributed by atoms with Gasteiger partial charge in [0.05, 0.1) is 0 Å². The number of benzene rings is 2. The van der Waals surface area contributed by atoms with Gasteiger partial charge < -0.3 is 25.4 Å². The fourth-order valence-electron chi connectivity index (χ4n) is 5.58. The first-order chi connectivity index (χ1) is 19.9. The molecule has 3 amide bonds. The Morgan fingerprint density at radius 1 is 1.00 bits per heavy atom. The lowest BCUT2D eigenvalue weighted by Gasteiger charge is -2.36. The number of phenols is 1. The molecule has 3 N–H and O–H groups in total. The van der Waals surface area contributed by atoms with Crippen LogP contribution >= 0.6 is 0 Å². The van der Waals surface area contributed by atoms with Crippen molar-refractivity contribution >= 4 is 17.9 Å². The third-order valence-electron chi connectivity index (χ3n) is 7.47. The van der Waals surface area contributed by atoms with Crippen LogP contribution in [0, 0.1) is 13.8 Å². The molecule has 1 saturated carbocycles. The summed E-state index contributed by atoms with van der Waals surface area (Å²) in [4.78, 5) is 43.3. The first-order valence-corrected chi connectivity index (χ1v) is 15.3. The van der Waals surface area contributed by atoms with E-state index >= 15 is 0 Å². The molecule has 3 rings (SSSR count). The summed E-state index contributed by atoms with van der Waals surface area (Å²) < 4.78 is 5.52. The molecular weight excluding hydrogens is 530 g/mol. The quantitative estimate of drug-likeness (QED) is 0.291. The highest BCUT2D eigenvalue weighted by atomic mass is 16.6. The van der Waals surface area contributed by atoms with Gasteiger partial charge in [0.2, 0.25) is 11.8 Å². The standard InChI is InChI=1S/C34H49N3O5/c1-7-8-18-37(30(26-20-23(2)19-24(3)21-26)31(39)35-27-12-10-9-11-13-27)32(40)29(36-33(41)42-34(4,5)6)22-25-14-16-28(38)17-15-25/h14-17,19-21,27,29-30,38H,7-13,18,22H2,1-6H3,(H,35,39)(H,36,41). The average Bonchev–Trinajstić information content (AvgIpc) is 2.90. The normalized spacial score (nSPS) is 15.4. The summed E-state index contributed by atoms with van der Waals surface area (Å²) in [5.41, 5.74) is 2.78. The van der Waals surface area contributed by atoms with Gasteiger partial charge in [0, 0.05) is 19.0 Å². The molecule has 8 nitrogen and oxygen atoms in total. The number of aromatic hydroxyl groups is 1. The number of hydrogen-bond acceptors (Lipinski definition) is 5. The largest absolute Gasteiger partial charge is 0.508 e. The number of unbranched alkanes of at least 4 members (excludes halogenated alkanes) is 1. The van der Waals surface area contributed by atoms with Crippen LogP contribution < -0.4 is 10.6 Å². The fourth-order valence-corrected chi connectivity index (χ4v) is 5.58. The molecule has 2 atom stereocenters. The molecule has 0 aliphatic heterocycles. The van der Waals surface area contributed by atoms with Crippen molar-refractivity contribution in [1.29, 1.82) is 0 Å². The number of alkyl carbamates (subject to hydrolysis) is 1. The molecule has 1 aliphatic carbocycles. The molecule has 0 saturated heterocycles. The zero-order valence-electron chi connectivity index (χ0n) is 26.2. The zero-order chi connectivity index (χ0) is 30.9. The molecule has 2 unspecified atom stereocenters. The van der Waals surface area contributed by atoms with Gasteiger partial charge >= 0.3 is 6.09 Å². The number of rotatable bonds is 11. The summed E-state index contributed by atoms with van der Waals surface area (Å²) in [5, 5.41) is 15.8. The summed E-state index contributed by atoms with van der Waals surface area (Å²) >= 11 is 0. The van der Waals surface area contributed by atoms with Gasteiger partial charge in [-0.15, -0.1) is 0 Å². The number of amides is 3. The lowest BCUT2D eigenvalue weighted by atomic mass is 9.93. The Bertz CT molecular complexity index is 1180. The number of carbonyl (C=O) groups is 3. The minimum Gasteiger partial charge on any atom is -0.508 e. The summed E-state index contributed by atoms with van der Waals surface area (Å²) in [6, 6.07) is 10.8. The molecule has 230 valence electrons. The number of hydrogen-bond donors (Lipinski definition) is 3. The molecule has 2 aromatic carbocycles. The minimum atomic E-state index is -0.989. The first-order valence-electron chi connectivity index (χ1n) is 15.3. The number of carbonyl (C=O) groups excluding carboxylic acids is 3. The van der Waals surface area contributed by atoms with E-state index in [1.54, 1.807) is 49.9 Å². The maximum absolute atomic E-state index is 14.5. The number of phenolic OH excluding ortho intramolecular Hbond substituents is 1. The molecule has 0 aromatic heterocycles. The van der Waals surface area contributed by atoms with Gasteiger partial charge in [-0.1, -0.05) is 74.1 Å². The summed E-state index contributed by atoms with van der Waals surface area (Å²) in [6.45, 7) is 11.7. The Hall–Kier alpha value is -3.55. The zero-order valence-corrected chi connectivity index (χ0v) is 26.2. The highest BCUT2D eigenvalue weighted by Gasteiger charge is 2.37. The summed E-state index contributed by atoms with van der Waals surface area (Å²) in [5.74, 6) is -0.442. The van der Waals surface area contributed by atoms with Crippen LogP contribution in [-0.2, 0) is 20.7 Å². The number of aryl methyl sites for hydroxylation is 2. The van der Waals surface area contributed by atoms with Crippen LogP contribution in [0.5, 0.6) is 5.75 Å². The lowest BCUT2D eigenvalue weighted by molar-refractivity contribution is -0.143. The Balaban J connectivity index is 2.04. The van der Waals surface area contributed by atoms with Crippen LogP contribution in [-0.4, -0.2) is 52.1 Å². The molecule has 0 spiro atoms. The van der Waals surface area contributed by atoms with E-state index in [1.165, 1.54) is 6.42 Å². The average molecular weight is 580 g/mol. The van der Waals surface area contributed by atoms with E-state index < -0.39 is 23.8 Å². The Kier molecular flexibility index (Phi) is 11.8. The van der Waals surface area contributed by atoms with Crippen molar-refractivity contribution in [3.05, 3.63) is 64.7 Å². The van der Waals surface area contributed by atoms with Gasteiger partial charge in [0.1, 0.15) is 23.4 Å². The minimum absolute atomic E-state index is 0.0791. The fraction of sp³-hybridized carbons (Fsp3) is 0.559. The SMILES string of the molecule is CCCCN(C(=O)C(Cc1ccc(O)cc1)NC(=O)OC(C)(C)C)C(C(=O)NC1CCCCC1)c1cc(C)cc(C)c1. The molecule has 0 heterocycles. The van der Waals surface area contributed by atoms with Gasteiger partial charge in [-0.25, -0.2) is 4.79 Å². The summed E-state index contributed by atoms with van der Waals surface area (Å²) in [7, 11) is 0. The van der Waals surface area contributed by atoms with Crippen molar-refractivity contribution in [1.82, 2.24) is 15.5 Å². The number of nitrogens with zero attached hydrogens (tertiary/aromatic N) is 1. The van der Waals surface area contributed by atoms with Crippen molar-refractivity contribution in [2.75, 3.05) is 6.54 Å². The van der Waals surface area contributed by atoms with Crippen molar-refractivity contribution < 1.29 is 24.2 Å². The van der Waals surface area contributed by atoms with E-state index in [2.05, 4.69) is 16.7 Å². The topological polar surface area (TPSA) is 108 Å². The van der Waals surface area contributed by atoms with Crippen LogP contribution in [0.15, 0.2) is 42.5 Å². The molecule has 0 radical (unpaired) electrons. The Morgan fingerprint density at radius 2 is 1.62 bits per heavy atom. The molecule has 0 bridgehead atoms. The maximum atomic E-state index is 14.5. The van der Waals surface area contributed by atoms with Crippen LogP contribution in [0.3, 0.4) is 0 Å². The van der Waals surface area contributed by atoms with Crippen molar-refractivity contribution in [2.45, 2.75) is 117 Å². The molecule has 2 aromatic rings. The molecule has 8 heteroatoms. The third kappa shape index (κ3) is 10.1. The molecule has 42 heavy (non-hydrogen) atoms. The number of ether oxygens (including phenoxy) is 1. The third-order valence-corrected chi connectivity index (χ3v) is 7.47. The van der Waals surface area contributed by atoms with E-state index in [4.69, 9.17) is 4.74 Å². The first kappa shape index (κ1) is 33.0. The molecular formula is C34H49N3O5. The van der Waals surface area contributed by atoms with E-state index in [0.29, 0.717) is 13.0 Å². The van der Waals surface area contributed by atoms with Gasteiger partial charge in [0.15, 0.2) is 0 Å². The van der Waals surface area contributed by atoms with Crippen LogP contribution in [0.2, 0.25) is 0 Å². The number of nitrogens with one attached hydrogen (secondary N) is 2. The molecule has 1 aliphatic rings. The van der Waals surface area contributed by atoms with Crippen LogP contribution in [0.1, 0.15) is 101 Å². The lowest BCUT2D eigenvalue weighted by Crippen LogP contribution is -2.54. The van der Waals surface area contributed by atoms with Crippen molar-refractivity contribution in [3.8, 4) is 5.75 Å². The highest BCUT2D eigenvalue weighted by molar-refractivity contribution is 5.92. The Morgan fingerprint density at radius 3 is 2.19 bits per heavy atom. The Labute approximate surface area is 251 Å². The van der Waals surface area contributed by atoms with E-state index in [-0.39, 0.29) is 30.0 Å². The van der Waals surface area contributed by atoms with Gasteiger partial charge in [-0.05, 0) is 77.1 Å². The van der Waals surface area contributed by atoms with E-state index in [1.807, 2.05) is 32.9 Å². The van der Waals surface area contributed by atoms with E-state index in [0.717, 1.165) is 54.4 Å². The second-order valence-corrected chi connectivity index (χ2v) is 12.6. The maximum Gasteiger partial charge on any atom is 0.408 e. The van der Waals surface area contributed by atoms with Gasteiger partial charge in [-0.3, -0.25) is 9.59 Å².